The van der Waals surface area contributed by atoms with Gasteiger partial charge in [0.2, 0.25) is 11.8 Å². The van der Waals surface area contributed by atoms with E-state index in [1.807, 2.05) is 37.3 Å². The maximum absolute atomic E-state index is 11.8. The Morgan fingerprint density at radius 1 is 1.28 bits per heavy atom. The predicted molar refractivity (Wildman–Crippen MR) is 68.9 cm³/mol. The Hall–Kier alpha value is -1.84. The molecule has 0 aromatic heterocycles. The lowest BCUT2D eigenvalue weighted by atomic mass is 10.1. The molecule has 0 bridgehead atoms. The Bertz CT molecular complexity index is 431. The van der Waals surface area contributed by atoms with E-state index in [0.29, 0.717) is 13.0 Å². The van der Waals surface area contributed by atoms with E-state index in [2.05, 4.69) is 5.32 Å². The molecule has 0 radical (unpaired) electrons. The average Bonchev–Trinajstić information content (AvgIpc) is 2.41. The summed E-state index contributed by atoms with van der Waals surface area (Å²) in [5.41, 5.74) is 1.19. The van der Waals surface area contributed by atoms with Crippen LogP contribution in [0.25, 0.3) is 0 Å². The topological polar surface area (TPSA) is 49.4 Å². The number of hydrogen-bond acceptors (Lipinski definition) is 2. The van der Waals surface area contributed by atoms with Crippen molar-refractivity contribution in [3.63, 3.8) is 0 Å². The molecule has 96 valence electrons. The number of carbonyl (C=O) groups excluding carboxylic acids is 2. The first-order valence-corrected chi connectivity index (χ1v) is 6.33. The van der Waals surface area contributed by atoms with Crippen molar-refractivity contribution in [2.75, 3.05) is 13.1 Å². The third kappa shape index (κ3) is 2.70. The molecule has 0 aliphatic carbocycles. The lowest BCUT2D eigenvalue weighted by Gasteiger charge is -2.34. The van der Waals surface area contributed by atoms with Crippen molar-refractivity contribution in [3.8, 4) is 0 Å². The first-order valence-electron chi connectivity index (χ1n) is 6.33. The smallest absolute Gasteiger partial charge is 0.243 e. The number of nitrogens with one attached hydrogen (secondary N) is 1. The lowest BCUT2D eigenvalue weighted by molar-refractivity contribution is -0.145. The van der Waals surface area contributed by atoms with E-state index in [-0.39, 0.29) is 24.4 Å². The molecule has 2 amide bonds. The zero-order valence-electron chi connectivity index (χ0n) is 10.6. The summed E-state index contributed by atoms with van der Waals surface area (Å²) >= 11 is 0. The van der Waals surface area contributed by atoms with E-state index in [4.69, 9.17) is 0 Å². The molecule has 1 aliphatic rings. The molecule has 18 heavy (non-hydrogen) atoms. The molecule has 1 heterocycles. The second-order valence-electron chi connectivity index (χ2n) is 4.46. The number of nitrogens with zero attached hydrogens (tertiary/aromatic N) is 1. The second-order valence-corrected chi connectivity index (χ2v) is 4.46. The lowest BCUT2D eigenvalue weighted by Crippen LogP contribution is -2.58. The molecule has 0 spiro atoms. The van der Waals surface area contributed by atoms with Gasteiger partial charge in [-0.3, -0.25) is 9.59 Å². The average molecular weight is 246 g/mol. The van der Waals surface area contributed by atoms with E-state index in [9.17, 15) is 9.59 Å². The van der Waals surface area contributed by atoms with Gasteiger partial charge in [-0.05, 0) is 18.4 Å². The van der Waals surface area contributed by atoms with Gasteiger partial charge in [0, 0.05) is 6.54 Å². The quantitative estimate of drug-likeness (QED) is 0.860. The van der Waals surface area contributed by atoms with E-state index >= 15 is 0 Å². The van der Waals surface area contributed by atoms with Crippen LogP contribution in [-0.4, -0.2) is 35.8 Å². The summed E-state index contributed by atoms with van der Waals surface area (Å²) < 4.78 is 0. The minimum atomic E-state index is -0.310. The Morgan fingerprint density at radius 3 is 2.67 bits per heavy atom. The Morgan fingerprint density at radius 2 is 2.00 bits per heavy atom. The Labute approximate surface area is 107 Å². The zero-order valence-corrected chi connectivity index (χ0v) is 10.6. The van der Waals surface area contributed by atoms with Crippen LogP contribution in [0.3, 0.4) is 0 Å². The molecule has 1 fully saturated rings. The maximum atomic E-state index is 11.8. The predicted octanol–water partition coefficient (Wildman–Crippen LogP) is 0.966. The molecule has 1 unspecified atom stereocenters. The van der Waals surface area contributed by atoms with Crippen LogP contribution < -0.4 is 5.32 Å². The van der Waals surface area contributed by atoms with Gasteiger partial charge in [-0.1, -0.05) is 37.3 Å². The highest BCUT2D eigenvalue weighted by molar-refractivity contribution is 5.94. The van der Waals surface area contributed by atoms with Crippen LogP contribution in [0.2, 0.25) is 0 Å². The minimum Gasteiger partial charge on any atom is -0.345 e. The van der Waals surface area contributed by atoms with Crippen molar-refractivity contribution in [1.29, 1.82) is 0 Å². The third-order valence-corrected chi connectivity index (χ3v) is 3.28. The Kier molecular flexibility index (Phi) is 3.97. The number of rotatable bonds is 4. The van der Waals surface area contributed by atoms with Crippen LogP contribution in [0.5, 0.6) is 0 Å². The summed E-state index contributed by atoms with van der Waals surface area (Å²) in [6.45, 7) is 2.66. The minimum absolute atomic E-state index is 0.0115. The molecule has 1 N–H and O–H groups in total. The van der Waals surface area contributed by atoms with Crippen molar-refractivity contribution < 1.29 is 9.59 Å². The SMILES string of the molecule is CCC1C(=O)NCC(=O)N1CCc1ccccc1. The van der Waals surface area contributed by atoms with Crippen molar-refractivity contribution in [3.05, 3.63) is 35.9 Å². The molecule has 1 saturated heterocycles. The van der Waals surface area contributed by atoms with Gasteiger partial charge in [0.25, 0.3) is 0 Å². The molecular weight excluding hydrogens is 228 g/mol. The second kappa shape index (κ2) is 5.67. The molecule has 1 aromatic rings. The van der Waals surface area contributed by atoms with E-state index in [1.54, 1.807) is 4.90 Å². The molecule has 2 rings (SSSR count). The highest BCUT2D eigenvalue weighted by atomic mass is 16.2. The number of hydrogen-bond donors (Lipinski definition) is 1. The summed E-state index contributed by atoms with van der Waals surface area (Å²) in [6, 6.07) is 9.70. The van der Waals surface area contributed by atoms with Gasteiger partial charge in [0.05, 0.1) is 6.54 Å². The molecule has 4 heteroatoms. The van der Waals surface area contributed by atoms with Crippen LogP contribution in [-0.2, 0) is 16.0 Å². The first-order chi connectivity index (χ1) is 8.72. The van der Waals surface area contributed by atoms with Crippen molar-refractivity contribution in [1.82, 2.24) is 10.2 Å². The van der Waals surface area contributed by atoms with Crippen LogP contribution in [0.1, 0.15) is 18.9 Å². The standard InChI is InChI=1S/C14H18N2O2/c1-2-12-14(18)15-10-13(17)16(12)9-8-11-6-4-3-5-7-11/h3-7,12H,2,8-10H2,1H3,(H,15,18). The number of benzene rings is 1. The van der Waals surface area contributed by atoms with E-state index in [0.717, 1.165) is 6.42 Å². The summed E-state index contributed by atoms with van der Waals surface area (Å²) in [6.07, 6.45) is 1.45. The molecule has 1 aromatic carbocycles. The van der Waals surface area contributed by atoms with Crippen LogP contribution in [0, 0.1) is 0 Å². The fourth-order valence-electron chi connectivity index (χ4n) is 2.28. The molecular formula is C14H18N2O2. The summed E-state index contributed by atoms with van der Waals surface area (Å²) in [5.74, 6) is -0.0254. The number of piperazine rings is 1. The molecule has 4 nitrogen and oxygen atoms in total. The Balaban J connectivity index is 2.01. The fraction of sp³-hybridized carbons (Fsp3) is 0.429. The maximum Gasteiger partial charge on any atom is 0.243 e. The largest absolute Gasteiger partial charge is 0.345 e. The van der Waals surface area contributed by atoms with Gasteiger partial charge in [-0.15, -0.1) is 0 Å². The summed E-state index contributed by atoms with van der Waals surface area (Å²) in [7, 11) is 0. The van der Waals surface area contributed by atoms with Gasteiger partial charge in [0.15, 0.2) is 0 Å². The zero-order chi connectivity index (χ0) is 13.0. The highest BCUT2D eigenvalue weighted by Crippen LogP contribution is 2.11. The van der Waals surface area contributed by atoms with Crippen LogP contribution >= 0.6 is 0 Å². The number of carbonyl (C=O) groups is 2. The highest BCUT2D eigenvalue weighted by Gasteiger charge is 2.32. The summed E-state index contributed by atoms with van der Waals surface area (Å²) in [4.78, 5) is 25.2. The molecule has 1 aliphatic heterocycles. The van der Waals surface area contributed by atoms with Gasteiger partial charge in [-0.25, -0.2) is 0 Å². The van der Waals surface area contributed by atoms with Gasteiger partial charge in [-0.2, -0.15) is 0 Å². The van der Waals surface area contributed by atoms with Crippen molar-refractivity contribution in [2.45, 2.75) is 25.8 Å². The van der Waals surface area contributed by atoms with E-state index < -0.39 is 0 Å². The van der Waals surface area contributed by atoms with Crippen LogP contribution in [0.15, 0.2) is 30.3 Å². The third-order valence-electron chi connectivity index (χ3n) is 3.28. The van der Waals surface area contributed by atoms with Crippen LogP contribution in [0.4, 0.5) is 0 Å². The van der Waals surface area contributed by atoms with Crippen molar-refractivity contribution >= 4 is 11.8 Å². The molecule has 1 atom stereocenters. The monoisotopic (exact) mass is 246 g/mol. The van der Waals surface area contributed by atoms with Gasteiger partial charge < -0.3 is 10.2 Å². The molecule has 0 saturated carbocycles. The number of amides is 2. The van der Waals surface area contributed by atoms with Gasteiger partial charge >= 0.3 is 0 Å². The normalized spacial score (nSPS) is 19.8. The van der Waals surface area contributed by atoms with Gasteiger partial charge in [0.1, 0.15) is 6.04 Å². The van der Waals surface area contributed by atoms with Crippen molar-refractivity contribution in [2.24, 2.45) is 0 Å². The van der Waals surface area contributed by atoms with E-state index in [1.165, 1.54) is 5.56 Å². The first kappa shape index (κ1) is 12.6. The fourth-order valence-corrected chi connectivity index (χ4v) is 2.28. The summed E-state index contributed by atoms with van der Waals surface area (Å²) in [5, 5.41) is 2.63.